The Bertz CT molecular complexity index is 1470. The van der Waals surface area contributed by atoms with Crippen LogP contribution in [0.1, 0.15) is 27.0 Å². The molecule has 0 unspecified atom stereocenters. The number of amides is 1. The number of alkyl halides is 6. The molecule has 228 valence electrons. The monoisotopic (exact) mass is 619 g/mol. The van der Waals surface area contributed by atoms with Crippen molar-refractivity contribution in [3.63, 3.8) is 0 Å². The van der Waals surface area contributed by atoms with E-state index in [0.717, 1.165) is 40.9 Å². The van der Waals surface area contributed by atoms with Gasteiger partial charge in [0.25, 0.3) is 5.91 Å². The van der Waals surface area contributed by atoms with Crippen molar-refractivity contribution in [3.8, 4) is 11.8 Å². The Morgan fingerprint density at radius 3 is 2.09 bits per heavy atom. The first-order chi connectivity index (χ1) is 20.5. The quantitative estimate of drug-likeness (QED) is 0.248. The van der Waals surface area contributed by atoms with Crippen LogP contribution in [0, 0.1) is 11.8 Å². The molecular weight excluding hydrogens is 588 g/mol. The van der Waals surface area contributed by atoms with E-state index >= 15 is 0 Å². The van der Waals surface area contributed by atoms with Crippen LogP contribution in [0.2, 0.25) is 0 Å². The van der Waals surface area contributed by atoms with E-state index in [4.69, 9.17) is 0 Å². The van der Waals surface area contributed by atoms with Gasteiger partial charge in [0.15, 0.2) is 0 Å². The molecule has 0 N–H and O–H groups in total. The lowest BCUT2D eigenvalue weighted by atomic mass is 9.95. The van der Waals surface area contributed by atoms with E-state index in [1.54, 1.807) is 0 Å². The molecular formula is C32H31F6N3OS. The molecule has 4 nitrogen and oxygen atoms in total. The molecule has 2 fully saturated rings. The van der Waals surface area contributed by atoms with Crippen LogP contribution in [0.25, 0.3) is 10.8 Å². The molecule has 1 atom stereocenters. The average Bonchev–Trinajstić information content (AvgIpc) is 2.99. The van der Waals surface area contributed by atoms with Crippen molar-refractivity contribution >= 4 is 28.4 Å². The summed E-state index contributed by atoms with van der Waals surface area (Å²) in [5.41, 5.74) is -2.69. The minimum Gasteiger partial charge on any atom is -0.333 e. The summed E-state index contributed by atoms with van der Waals surface area (Å²) in [5, 5.41) is 1.98. The Kier molecular flexibility index (Phi) is 9.59. The number of hydrogen-bond donors (Lipinski definition) is 0. The summed E-state index contributed by atoms with van der Waals surface area (Å²) in [7, 11) is 0. The number of carbonyl (C=O) groups excluding carboxylic acids is 1. The zero-order valence-electron chi connectivity index (χ0n) is 23.3. The largest absolute Gasteiger partial charge is 0.416 e. The van der Waals surface area contributed by atoms with E-state index < -0.39 is 41.0 Å². The third-order valence-corrected chi connectivity index (χ3v) is 8.77. The van der Waals surface area contributed by atoms with Gasteiger partial charge in [0.2, 0.25) is 0 Å². The summed E-state index contributed by atoms with van der Waals surface area (Å²) >= 11 is 1.93. The number of piperazine rings is 1. The van der Waals surface area contributed by atoms with E-state index in [-0.39, 0.29) is 12.6 Å². The Hall–Kier alpha value is -3.20. The molecule has 3 aromatic carbocycles. The lowest BCUT2D eigenvalue weighted by Crippen LogP contribution is -2.56. The fraction of sp³-hybridized carbons (Fsp3) is 0.406. The Balaban J connectivity index is 1.41. The number of thioether (sulfide) groups is 1. The summed E-state index contributed by atoms with van der Waals surface area (Å²) in [6, 6.07) is 14.1. The molecule has 0 radical (unpaired) electrons. The molecule has 11 heteroatoms. The van der Waals surface area contributed by atoms with Crippen molar-refractivity contribution in [3.05, 3.63) is 82.9 Å². The van der Waals surface area contributed by atoms with Gasteiger partial charge in [0, 0.05) is 55.8 Å². The van der Waals surface area contributed by atoms with Crippen molar-refractivity contribution in [2.75, 3.05) is 57.3 Å². The SMILES string of the molecule is O=C(c1cc(C(F)(F)F)cc(C(F)(F)F)c1)N1CCN(CC#CCN2CCSCC2)C[C@H]1Cc1cccc2ccccc12. The molecule has 2 heterocycles. The highest BCUT2D eigenvalue weighted by Gasteiger charge is 2.39. The molecule has 0 aliphatic carbocycles. The Morgan fingerprint density at radius 2 is 1.42 bits per heavy atom. The van der Waals surface area contributed by atoms with Crippen LogP contribution in [-0.4, -0.2) is 84.0 Å². The predicted molar refractivity (Wildman–Crippen MR) is 157 cm³/mol. The van der Waals surface area contributed by atoms with Gasteiger partial charge in [-0.3, -0.25) is 14.6 Å². The molecule has 2 saturated heterocycles. The van der Waals surface area contributed by atoms with Gasteiger partial charge >= 0.3 is 12.4 Å². The van der Waals surface area contributed by atoms with Gasteiger partial charge in [-0.25, -0.2) is 0 Å². The van der Waals surface area contributed by atoms with Gasteiger partial charge in [-0.1, -0.05) is 54.3 Å². The third-order valence-electron chi connectivity index (χ3n) is 7.83. The first kappa shape index (κ1) is 31.2. The maximum absolute atomic E-state index is 13.7. The zero-order valence-corrected chi connectivity index (χ0v) is 24.2. The van der Waals surface area contributed by atoms with E-state index in [9.17, 15) is 31.1 Å². The Labute approximate surface area is 251 Å². The molecule has 2 aliphatic rings. The molecule has 43 heavy (non-hydrogen) atoms. The van der Waals surface area contributed by atoms with Crippen LogP contribution < -0.4 is 0 Å². The molecule has 0 spiro atoms. The van der Waals surface area contributed by atoms with Crippen LogP contribution in [0.3, 0.4) is 0 Å². The zero-order chi connectivity index (χ0) is 30.6. The highest BCUT2D eigenvalue weighted by Crippen LogP contribution is 2.37. The maximum Gasteiger partial charge on any atom is 0.416 e. The van der Waals surface area contributed by atoms with Crippen LogP contribution in [0.15, 0.2) is 60.7 Å². The Morgan fingerprint density at radius 1 is 0.791 bits per heavy atom. The molecule has 1 amide bonds. The van der Waals surface area contributed by atoms with E-state index in [0.29, 0.717) is 44.7 Å². The minimum atomic E-state index is -5.04. The van der Waals surface area contributed by atoms with Gasteiger partial charge in [0.05, 0.1) is 24.2 Å². The summed E-state index contributed by atoms with van der Waals surface area (Å²) in [5.74, 6) is 7.76. The first-order valence-electron chi connectivity index (χ1n) is 14.0. The predicted octanol–water partition coefficient (Wildman–Crippen LogP) is 6.30. The number of hydrogen-bond acceptors (Lipinski definition) is 4. The number of carbonyl (C=O) groups is 1. The summed E-state index contributed by atoms with van der Waals surface area (Å²) in [4.78, 5) is 19.5. The number of halogens is 6. The first-order valence-corrected chi connectivity index (χ1v) is 15.2. The van der Waals surface area contributed by atoms with Crippen molar-refractivity contribution < 1.29 is 31.1 Å². The second-order valence-electron chi connectivity index (χ2n) is 10.8. The lowest BCUT2D eigenvalue weighted by molar-refractivity contribution is -0.143. The summed E-state index contributed by atoms with van der Waals surface area (Å²) in [6.07, 6.45) is -9.69. The van der Waals surface area contributed by atoms with Crippen LogP contribution in [0.5, 0.6) is 0 Å². The maximum atomic E-state index is 13.7. The average molecular weight is 620 g/mol. The van der Waals surface area contributed by atoms with Gasteiger partial charge in [-0.2, -0.15) is 38.1 Å². The number of rotatable bonds is 5. The van der Waals surface area contributed by atoms with Crippen molar-refractivity contribution in [1.29, 1.82) is 0 Å². The van der Waals surface area contributed by atoms with Crippen LogP contribution >= 0.6 is 11.8 Å². The van der Waals surface area contributed by atoms with E-state index in [1.807, 2.05) is 54.2 Å². The summed E-state index contributed by atoms with van der Waals surface area (Å²) in [6.45, 7) is 4.06. The lowest BCUT2D eigenvalue weighted by Gasteiger charge is -2.41. The fourth-order valence-electron chi connectivity index (χ4n) is 5.57. The van der Waals surface area contributed by atoms with Gasteiger partial charge in [-0.05, 0) is 41.0 Å². The second kappa shape index (κ2) is 13.2. The molecule has 0 saturated carbocycles. The molecule has 3 aromatic rings. The molecule has 0 bridgehead atoms. The van der Waals surface area contributed by atoms with Gasteiger partial charge in [-0.15, -0.1) is 0 Å². The normalized spacial score (nSPS) is 18.8. The van der Waals surface area contributed by atoms with Crippen molar-refractivity contribution in [2.45, 2.75) is 24.8 Å². The molecule has 0 aromatic heterocycles. The van der Waals surface area contributed by atoms with E-state index in [2.05, 4.69) is 21.6 Å². The van der Waals surface area contributed by atoms with Gasteiger partial charge in [0.1, 0.15) is 0 Å². The second-order valence-corrected chi connectivity index (χ2v) is 12.0. The highest BCUT2D eigenvalue weighted by molar-refractivity contribution is 7.99. The number of fused-ring (bicyclic) bond motifs is 1. The highest BCUT2D eigenvalue weighted by atomic mass is 32.2. The fourth-order valence-corrected chi connectivity index (χ4v) is 6.55. The van der Waals surface area contributed by atoms with Crippen molar-refractivity contribution in [2.24, 2.45) is 0 Å². The van der Waals surface area contributed by atoms with Crippen molar-refractivity contribution in [1.82, 2.24) is 14.7 Å². The van der Waals surface area contributed by atoms with Crippen LogP contribution in [-0.2, 0) is 18.8 Å². The topological polar surface area (TPSA) is 26.8 Å². The standard InChI is InChI=1S/C32H31F6N3OS/c33-31(34,35)26-18-25(19-27(21-26)32(36,37)38)30(42)41-13-12-40(11-4-3-10-39-14-16-43-17-15-39)22-28(41)20-24-8-5-7-23-6-1-2-9-29(23)24/h1-2,5-9,18-19,21,28H,10-17,20,22H2/t28-/m1/s1. The van der Waals surface area contributed by atoms with Gasteiger partial charge < -0.3 is 4.90 Å². The number of benzene rings is 3. The third kappa shape index (κ3) is 7.85. The van der Waals surface area contributed by atoms with E-state index in [1.165, 1.54) is 4.90 Å². The van der Waals surface area contributed by atoms with Crippen LogP contribution in [0.4, 0.5) is 26.3 Å². The molecule has 2 aliphatic heterocycles. The number of nitrogens with zero attached hydrogens (tertiary/aromatic N) is 3. The molecule has 5 rings (SSSR count). The smallest absolute Gasteiger partial charge is 0.333 e. The summed E-state index contributed by atoms with van der Waals surface area (Å²) < 4.78 is 81.3. The minimum absolute atomic E-state index is 0.0453.